The van der Waals surface area contributed by atoms with Crippen LogP contribution in [0.2, 0.25) is 4.34 Å². The standard InChI is InChI=1S/C26H31ClN4O3S/c27-23-6-5-22(35-23)24(32)28-20-7-11-30-21(20)17-31(25(30)33)19-3-1-18(2-4-19)26(8-9-26)10-12-29-13-15-34-16-14-29/h1-6,20-21H,7-17H2,(H,28,32)/t20-,21-/m1/s1. The summed E-state index contributed by atoms with van der Waals surface area (Å²) < 4.78 is 6.07. The minimum atomic E-state index is -0.115. The molecule has 4 aliphatic rings. The predicted molar refractivity (Wildman–Crippen MR) is 138 cm³/mol. The van der Waals surface area contributed by atoms with Gasteiger partial charge in [-0.3, -0.25) is 14.6 Å². The van der Waals surface area contributed by atoms with Crippen LogP contribution >= 0.6 is 22.9 Å². The molecule has 0 bridgehead atoms. The van der Waals surface area contributed by atoms with Crippen LogP contribution in [0.4, 0.5) is 10.5 Å². The van der Waals surface area contributed by atoms with Crippen molar-refractivity contribution < 1.29 is 14.3 Å². The third-order valence-electron chi connectivity index (χ3n) is 8.16. The Bertz CT molecular complexity index is 1100. The number of anilines is 1. The zero-order chi connectivity index (χ0) is 24.0. The fourth-order valence-electron chi connectivity index (χ4n) is 5.82. The van der Waals surface area contributed by atoms with E-state index >= 15 is 0 Å². The number of carbonyl (C=O) groups excluding carboxylic acids is 2. The predicted octanol–water partition coefficient (Wildman–Crippen LogP) is 3.97. The van der Waals surface area contributed by atoms with Gasteiger partial charge in [0.2, 0.25) is 0 Å². The van der Waals surface area contributed by atoms with Crippen LogP contribution in [0.15, 0.2) is 36.4 Å². The highest BCUT2D eigenvalue weighted by atomic mass is 35.5. The van der Waals surface area contributed by atoms with Crippen molar-refractivity contribution in [2.75, 3.05) is 50.8 Å². The summed E-state index contributed by atoms with van der Waals surface area (Å²) in [6, 6.07) is 12.1. The number of rotatable bonds is 7. The lowest BCUT2D eigenvalue weighted by atomic mass is 9.92. The van der Waals surface area contributed by atoms with E-state index < -0.39 is 0 Å². The van der Waals surface area contributed by atoms with Gasteiger partial charge in [-0.1, -0.05) is 23.7 Å². The highest BCUT2D eigenvalue weighted by Gasteiger charge is 2.47. The van der Waals surface area contributed by atoms with E-state index in [1.807, 2.05) is 9.80 Å². The molecular weight excluding hydrogens is 484 g/mol. The molecule has 0 unspecified atom stereocenters. The molecule has 1 N–H and O–H groups in total. The number of morpholine rings is 1. The number of urea groups is 1. The highest BCUT2D eigenvalue weighted by Crippen LogP contribution is 2.51. The van der Waals surface area contributed by atoms with Gasteiger partial charge in [0.05, 0.1) is 41.1 Å². The molecule has 3 amide bonds. The Morgan fingerprint density at radius 2 is 1.89 bits per heavy atom. The lowest BCUT2D eigenvalue weighted by Crippen LogP contribution is -2.44. The van der Waals surface area contributed by atoms with Crippen LogP contribution in [0.25, 0.3) is 0 Å². The first-order valence-electron chi connectivity index (χ1n) is 12.6. The molecule has 7 nitrogen and oxygen atoms in total. The summed E-state index contributed by atoms with van der Waals surface area (Å²) in [7, 11) is 0. The maximum atomic E-state index is 13.2. The van der Waals surface area contributed by atoms with Gasteiger partial charge < -0.3 is 15.0 Å². The molecule has 2 atom stereocenters. The fourth-order valence-corrected chi connectivity index (χ4v) is 6.77. The number of thiophene rings is 1. The van der Waals surface area contributed by atoms with E-state index in [0.29, 0.717) is 27.7 Å². The van der Waals surface area contributed by atoms with Gasteiger partial charge in [-0.25, -0.2) is 4.79 Å². The van der Waals surface area contributed by atoms with Gasteiger partial charge in [0.25, 0.3) is 5.91 Å². The summed E-state index contributed by atoms with van der Waals surface area (Å²) in [6.07, 6.45) is 4.44. The third kappa shape index (κ3) is 4.57. The molecule has 35 heavy (non-hydrogen) atoms. The summed E-state index contributed by atoms with van der Waals surface area (Å²) in [5, 5.41) is 3.13. The van der Waals surface area contributed by atoms with Crippen LogP contribution in [-0.4, -0.2) is 79.8 Å². The number of nitrogens with zero attached hydrogens (tertiary/aromatic N) is 3. The Balaban J connectivity index is 1.09. The largest absolute Gasteiger partial charge is 0.379 e. The molecule has 6 rings (SSSR count). The number of fused-ring (bicyclic) bond motifs is 1. The van der Waals surface area contributed by atoms with Gasteiger partial charge in [-0.05, 0) is 67.5 Å². The van der Waals surface area contributed by atoms with Gasteiger partial charge in [0, 0.05) is 25.3 Å². The number of benzene rings is 1. The van der Waals surface area contributed by atoms with Crippen LogP contribution < -0.4 is 10.2 Å². The summed E-state index contributed by atoms with van der Waals surface area (Å²) in [5.41, 5.74) is 2.62. The van der Waals surface area contributed by atoms with Crippen molar-refractivity contribution in [1.82, 2.24) is 15.1 Å². The highest BCUT2D eigenvalue weighted by molar-refractivity contribution is 7.18. The van der Waals surface area contributed by atoms with Crippen molar-refractivity contribution in [3.8, 4) is 0 Å². The van der Waals surface area contributed by atoms with E-state index in [-0.39, 0.29) is 24.0 Å². The van der Waals surface area contributed by atoms with Gasteiger partial charge >= 0.3 is 6.03 Å². The van der Waals surface area contributed by atoms with Gasteiger partial charge in [-0.2, -0.15) is 0 Å². The number of amides is 3. The van der Waals surface area contributed by atoms with E-state index in [1.165, 1.54) is 36.2 Å². The minimum Gasteiger partial charge on any atom is -0.379 e. The molecule has 1 aromatic carbocycles. The second kappa shape index (κ2) is 9.39. The first kappa shape index (κ1) is 23.3. The molecule has 0 spiro atoms. The average molecular weight is 515 g/mol. The zero-order valence-electron chi connectivity index (χ0n) is 19.7. The van der Waals surface area contributed by atoms with Crippen molar-refractivity contribution in [1.29, 1.82) is 0 Å². The molecule has 0 radical (unpaired) electrons. The smallest absolute Gasteiger partial charge is 0.324 e. The minimum absolute atomic E-state index is 0.00939. The fraction of sp³-hybridized carbons (Fsp3) is 0.538. The molecule has 9 heteroatoms. The van der Waals surface area contributed by atoms with Gasteiger partial charge in [0.1, 0.15) is 0 Å². The number of nitrogens with one attached hydrogen (secondary N) is 1. The zero-order valence-corrected chi connectivity index (χ0v) is 21.3. The molecule has 4 heterocycles. The SMILES string of the molecule is O=C(N[C@@H]1CCN2C(=O)N(c3ccc(C4(CCN5CCOCC5)CC4)cc3)C[C@H]12)c1ccc(Cl)s1. The Labute approximate surface area is 215 Å². The molecular formula is C26H31ClN4O3S. The number of hydrogen-bond acceptors (Lipinski definition) is 5. The molecule has 3 saturated heterocycles. The van der Waals surface area contributed by atoms with E-state index in [9.17, 15) is 9.59 Å². The van der Waals surface area contributed by atoms with E-state index in [0.717, 1.165) is 45.0 Å². The first-order chi connectivity index (χ1) is 17.0. The summed E-state index contributed by atoms with van der Waals surface area (Å²) in [5.74, 6) is -0.115. The summed E-state index contributed by atoms with van der Waals surface area (Å²) in [6.45, 7) is 6.14. The Kier molecular flexibility index (Phi) is 6.25. The van der Waals surface area contributed by atoms with Crippen LogP contribution in [0, 0.1) is 0 Å². The number of halogens is 1. The molecule has 4 fully saturated rings. The van der Waals surface area contributed by atoms with Crippen molar-refractivity contribution in [2.24, 2.45) is 0 Å². The average Bonchev–Trinajstić information content (AvgIpc) is 3.19. The van der Waals surface area contributed by atoms with Crippen molar-refractivity contribution >= 4 is 40.6 Å². The van der Waals surface area contributed by atoms with Gasteiger partial charge in [0.15, 0.2) is 0 Å². The van der Waals surface area contributed by atoms with Crippen molar-refractivity contribution in [3.05, 3.63) is 51.2 Å². The molecule has 1 aromatic heterocycles. The molecule has 2 aromatic rings. The second-order valence-electron chi connectivity index (χ2n) is 10.2. The van der Waals surface area contributed by atoms with Crippen molar-refractivity contribution in [3.63, 3.8) is 0 Å². The van der Waals surface area contributed by atoms with Crippen LogP contribution in [0.3, 0.4) is 0 Å². The Hall–Kier alpha value is -2.13. The first-order valence-corrected chi connectivity index (χ1v) is 13.8. The van der Waals surface area contributed by atoms with Crippen LogP contribution in [-0.2, 0) is 10.2 Å². The lowest BCUT2D eigenvalue weighted by molar-refractivity contribution is 0.0362. The number of hydrogen-bond donors (Lipinski definition) is 1. The summed E-state index contributed by atoms with van der Waals surface area (Å²) >= 11 is 7.26. The quantitative estimate of drug-likeness (QED) is 0.607. The molecule has 1 aliphatic carbocycles. The molecule has 1 saturated carbocycles. The van der Waals surface area contributed by atoms with E-state index in [1.54, 1.807) is 12.1 Å². The van der Waals surface area contributed by atoms with E-state index in [2.05, 4.69) is 34.5 Å². The lowest BCUT2D eigenvalue weighted by Gasteiger charge is -2.28. The van der Waals surface area contributed by atoms with Crippen LogP contribution in [0.1, 0.15) is 40.9 Å². The van der Waals surface area contributed by atoms with Crippen LogP contribution in [0.5, 0.6) is 0 Å². The summed E-state index contributed by atoms with van der Waals surface area (Å²) in [4.78, 5) is 32.7. The second-order valence-corrected chi connectivity index (χ2v) is 11.9. The monoisotopic (exact) mass is 514 g/mol. The third-order valence-corrected chi connectivity index (χ3v) is 9.39. The van der Waals surface area contributed by atoms with E-state index in [4.69, 9.17) is 16.3 Å². The molecule has 186 valence electrons. The Morgan fingerprint density at radius 3 is 2.57 bits per heavy atom. The number of ether oxygens (including phenoxy) is 1. The topological polar surface area (TPSA) is 65.1 Å². The maximum absolute atomic E-state index is 13.2. The van der Waals surface area contributed by atoms with Gasteiger partial charge in [-0.15, -0.1) is 11.3 Å². The normalized spacial score (nSPS) is 25.7. The molecule has 3 aliphatic heterocycles. The number of carbonyl (C=O) groups is 2. The maximum Gasteiger partial charge on any atom is 0.324 e. The van der Waals surface area contributed by atoms with Crippen molar-refractivity contribution in [2.45, 2.75) is 43.2 Å². The Morgan fingerprint density at radius 1 is 1.11 bits per heavy atom.